The van der Waals surface area contributed by atoms with Gasteiger partial charge in [-0.15, -0.1) is 0 Å². The van der Waals surface area contributed by atoms with E-state index in [1.54, 1.807) is 0 Å². The normalized spacial score (nSPS) is 20.4. The largest absolute Gasteiger partial charge is 0.347 e. The van der Waals surface area contributed by atoms with E-state index >= 15 is 0 Å². The van der Waals surface area contributed by atoms with E-state index in [1.165, 1.54) is 6.26 Å². The number of hydrogen-bond donors (Lipinski definition) is 0. The summed E-state index contributed by atoms with van der Waals surface area (Å²) < 4.78 is 22.8. The molecule has 0 radical (unpaired) electrons. The van der Waals surface area contributed by atoms with Gasteiger partial charge in [0, 0.05) is 51.4 Å². The van der Waals surface area contributed by atoms with Crippen molar-refractivity contribution in [3.05, 3.63) is 18.0 Å². The van der Waals surface area contributed by atoms with Gasteiger partial charge in [0.25, 0.3) is 0 Å². The van der Waals surface area contributed by atoms with Crippen LogP contribution in [0.25, 0.3) is 0 Å². The Morgan fingerprint density at radius 1 is 1.33 bits per heavy atom. The molecule has 1 fully saturated rings. The van der Waals surface area contributed by atoms with Crippen LogP contribution in [0.1, 0.15) is 18.4 Å². The fourth-order valence-corrected chi connectivity index (χ4v) is 3.91. The van der Waals surface area contributed by atoms with E-state index in [-0.39, 0.29) is 5.92 Å². The second-order valence-corrected chi connectivity index (χ2v) is 8.31. The van der Waals surface area contributed by atoms with Crippen LogP contribution in [0.15, 0.2) is 12.4 Å². The quantitative estimate of drug-likeness (QED) is 0.801. The fourth-order valence-electron chi connectivity index (χ4n) is 2.78. The Kier molecular flexibility index (Phi) is 5.16. The van der Waals surface area contributed by atoms with Crippen molar-refractivity contribution in [2.45, 2.75) is 19.4 Å². The van der Waals surface area contributed by atoms with Gasteiger partial charge in [0.1, 0.15) is 9.84 Å². The van der Waals surface area contributed by atoms with E-state index in [9.17, 15) is 8.42 Å². The van der Waals surface area contributed by atoms with Crippen LogP contribution in [-0.2, 0) is 16.4 Å². The number of likely N-dealkylation sites (tertiary alicyclic amines) is 1. The highest BCUT2D eigenvalue weighted by atomic mass is 32.2. The highest BCUT2D eigenvalue weighted by Gasteiger charge is 2.23. The zero-order valence-electron chi connectivity index (χ0n) is 13.0. The van der Waals surface area contributed by atoms with Gasteiger partial charge >= 0.3 is 0 Å². The molecule has 1 aliphatic heterocycles. The van der Waals surface area contributed by atoms with E-state index in [4.69, 9.17) is 0 Å². The third-order valence-corrected chi connectivity index (χ3v) is 4.72. The zero-order valence-corrected chi connectivity index (χ0v) is 13.8. The Hall–Kier alpha value is -1.21. The lowest BCUT2D eigenvalue weighted by molar-refractivity contribution is 0.177. The van der Waals surface area contributed by atoms with Crippen LogP contribution >= 0.6 is 0 Å². The second kappa shape index (κ2) is 6.70. The van der Waals surface area contributed by atoms with Gasteiger partial charge in [0.15, 0.2) is 0 Å². The van der Waals surface area contributed by atoms with Crippen molar-refractivity contribution in [1.29, 1.82) is 0 Å². The summed E-state index contributed by atoms with van der Waals surface area (Å²) in [5.41, 5.74) is 1.07. The highest BCUT2D eigenvalue weighted by molar-refractivity contribution is 7.90. The molecule has 2 rings (SSSR count). The van der Waals surface area contributed by atoms with Crippen LogP contribution in [0.4, 0.5) is 5.95 Å². The fraction of sp³-hybridized carbons (Fsp3) is 0.714. The van der Waals surface area contributed by atoms with Gasteiger partial charge in [-0.05, 0) is 25.3 Å². The first kappa shape index (κ1) is 16.2. The molecule has 0 bridgehead atoms. The molecule has 1 unspecified atom stereocenters. The van der Waals surface area contributed by atoms with Gasteiger partial charge < -0.3 is 4.90 Å². The predicted molar refractivity (Wildman–Crippen MR) is 84.1 cm³/mol. The second-order valence-electron chi connectivity index (χ2n) is 6.12. The van der Waals surface area contributed by atoms with Crippen molar-refractivity contribution in [3.8, 4) is 0 Å². The van der Waals surface area contributed by atoms with Crippen LogP contribution in [0.3, 0.4) is 0 Å². The molecule has 6 nitrogen and oxygen atoms in total. The van der Waals surface area contributed by atoms with Crippen LogP contribution in [-0.4, -0.2) is 62.5 Å². The molecule has 0 N–H and O–H groups in total. The standard InChI is InChI=1S/C14H24N4O2S/c1-17(2)14-15-7-13(8-16-14)10-18-6-4-5-12(9-18)11-21(3,19)20/h7-8,12H,4-6,9-11H2,1-3H3. The molecule has 1 aromatic heterocycles. The summed E-state index contributed by atoms with van der Waals surface area (Å²) in [6, 6.07) is 0. The van der Waals surface area contributed by atoms with E-state index < -0.39 is 9.84 Å². The molecule has 21 heavy (non-hydrogen) atoms. The monoisotopic (exact) mass is 312 g/mol. The number of anilines is 1. The Balaban J connectivity index is 1.93. The number of nitrogens with zero attached hydrogens (tertiary/aromatic N) is 4. The molecule has 1 aromatic rings. The molecule has 2 heterocycles. The van der Waals surface area contributed by atoms with Crippen molar-refractivity contribution in [3.63, 3.8) is 0 Å². The molecule has 1 saturated heterocycles. The number of hydrogen-bond acceptors (Lipinski definition) is 6. The third-order valence-electron chi connectivity index (χ3n) is 3.64. The van der Waals surface area contributed by atoms with E-state index in [0.717, 1.165) is 38.0 Å². The molecule has 0 aromatic carbocycles. The summed E-state index contributed by atoms with van der Waals surface area (Å²) in [4.78, 5) is 12.8. The van der Waals surface area contributed by atoms with Crippen molar-refractivity contribution >= 4 is 15.8 Å². The zero-order chi connectivity index (χ0) is 15.5. The smallest absolute Gasteiger partial charge is 0.224 e. The predicted octanol–water partition coefficient (Wildman–Crippen LogP) is 0.799. The number of aromatic nitrogens is 2. The molecule has 1 aliphatic rings. The molecule has 1 atom stereocenters. The molecule has 118 valence electrons. The Labute approximate surface area is 127 Å². The average molecular weight is 312 g/mol. The highest BCUT2D eigenvalue weighted by Crippen LogP contribution is 2.19. The van der Waals surface area contributed by atoms with Crippen LogP contribution in [0.2, 0.25) is 0 Å². The SMILES string of the molecule is CN(C)c1ncc(CN2CCCC(CS(C)(=O)=O)C2)cn1. The van der Waals surface area contributed by atoms with E-state index in [2.05, 4.69) is 14.9 Å². The Morgan fingerprint density at radius 2 is 2.00 bits per heavy atom. The first-order chi connectivity index (χ1) is 9.83. The van der Waals surface area contributed by atoms with Crippen molar-refractivity contribution < 1.29 is 8.42 Å². The maximum absolute atomic E-state index is 11.4. The number of sulfone groups is 1. The topological polar surface area (TPSA) is 66.4 Å². The number of piperidine rings is 1. The molecule has 7 heteroatoms. The minimum Gasteiger partial charge on any atom is -0.347 e. The molecular formula is C14H24N4O2S. The van der Waals surface area contributed by atoms with Gasteiger partial charge in [-0.25, -0.2) is 18.4 Å². The average Bonchev–Trinajstić information content (AvgIpc) is 2.37. The van der Waals surface area contributed by atoms with Gasteiger partial charge in [0.2, 0.25) is 5.95 Å². The summed E-state index contributed by atoms with van der Waals surface area (Å²) in [6.07, 6.45) is 7.07. The number of rotatable bonds is 5. The van der Waals surface area contributed by atoms with Crippen molar-refractivity contribution in [1.82, 2.24) is 14.9 Å². The van der Waals surface area contributed by atoms with E-state index in [0.29, 0.717) is 11.7 Å². The molecule has 0 spiro atoms. The summed E-state index contributed by atoms with van der Waals surface area (Å²) in [5.74, 6) is 1.24. The lowest BCUT2D eigenvalue weighted by Crippen LogP contribution is -2.37. The summed E-state index contributed by atoms with van der Waals surface area (Å²) in [7, 11) is 0.932. The van der Waals surface area contributed by atoms with Gasteiger partial charge in [0.05, 0.1) is 5.75 Å². The maximum Gasteiger partial charge on any atom is 0.224 e. The lowest BCUT2D eigenvalue weighted by atomic mass is 10.00. The Bertz CT molecular complexity index is 557. The summed E-state index contributed by atoms with van der Waals surface area (Å²) in [6.45, 7) is 2.63. The van der Waals surface area contributed by atoms with Crippen molar-refractivity contribution in [2.75, 3.05) is 44.1 Å². The first-order valence-electron chi connectivity index (χ1n) is 7.22. The lowest BCUT2D eigenvalue weighted by Gasteiger charge is -2.32. The molecule has 0 aliphatic carbocycles. The third kappa shape index (κ3) is 5.24. The van der Waals surface area contributed by atoms with Crippen LogP contribution < -0.4 is 4.90 Å². The molecule has 0 saturated carbocycles. The first-order valence-corrected chi connectivity index (χ1v) is 9.28. The van der Waals surface area contributed by atoms with Crippen LogP contribution in [0, 0.1) is 5.92 Å². The maximum atomic E-state index is 11.4. The van der Waals surface area contributed by atoms with Crippen LogP contribution in [0.5, 0.6) is 0 Å². The summed E-state index contributed by atoms with van der Waals surface area (Å²) in [5, 5.41) is 0. The molecule has 0 amide bonds. The van der Waals surface area contributed by atoms with Crippen molar-refractivity contribution in [2.24, 2.45) is 5.92 Å². The van der Waals surface area contributed by atoms with Gasteiger partial charge in [-0.3, -0.25) is 4.90 Å². The minimum atomic E-state index is -2.89. The Morgan fingerprint density at radius 3 is 2.57 bits per heavy atom. The van der Waals surface area contributed by atoms with E-state index in [1.807, 2.05) is 31.4 Å². The van der Waals surface area contributed by atoms with Gasteiger partial charge in [-0.1, -0.05) is 0 Å². The summed E-state index contributed by atoms with van der Waals surface area (Å²) >= 11 is 0. The van der Waals surface area contributed by atoms with Gasteiger partial charge in [-0.2, -0.15) is 0 Å². The molecular weight excluding hydrogens is 288 g/mol. The minimum absolute atomic E-state index is 0.246.